The molecule has 0 amide bonds. The van der Waals surface area contributed by atoms with E-state index < -0.39 is 0 Å². The molecule has 1 aromatic carbocycles. The third-order valence-electron chi connectivity index (χ3n) is 3.08. The molecule has 2 aromatic rings. The van der Waals surface area contributed by atoms with Gasteiger partial charge in [-0.05, 0) is 24.1 Å². The highest BCUT2D eigenvalue weighted by molar-refractivity contribution is 5.79. The summed E-state index contributed by atoms with van der Waals surface area (Å²) < 4.78 is 2.33. The first kappa shape index (κ1) is 9.60. The quantitative estimate of drug-likeness (QED) is 0.828. The lowest BCUT2D eigenvalue weighted by atomic mass is 10.2. The van der Waals surface area contributed by atoms with Crippen molar-refractivity contribution in [3.8, 4) is 0 Å². The second-order valence-corrected chi connectivity index (χ2v) is 4.17. The highest BCUT2D eigenvalue weighted by atomic mass is 15.1. The van der Waals surface area contributed by atoms with Gasteiger partial charge in [0.2, 0.25) is 0 Å². The van der Waals surface area contributed by atoms with Crippen LogP contribution in [0, 0.1) is 0 Å². The average molecular weight is 213 g/mol. The van der Waals surface area contributed by atoms with Crippen molar-refractivity contribution in [2.24, 2.45) is 5.73 Å². The third kappa shape index (κ3) is 1.44. The van der Waals surface area contributed by atoms with Crippen molar-refractivity contribution in [1.29, 1.82) is 0 Å². The Morgan fingerprint density at radius 2 is 2.38 bits per heavy atom. The van der Waals surface area contributed by atoms with Gasteiger partial charge in [0, 0.05) is 19.5 Å². The number of hydrogen-bond donors (Lipinski definition) is 1. The first-order chi connectivity index (χ1) is 7.88. The standard InChI is InChI=1S/C13H15N3/c14-7-1-3-10-5-6-11-12(9-10)16-8-2-4-13(16)15-11/h1,3,5-6,9H,2,4,7-8,14H2/b3-1+. The normalized spacial score (nSPS) is 15.1. The van der Waals surface area contributed by atoms with Crippen molar-refractivity contribution in [3.63, 3.8) is 0 Å². The summed E-state index contributed by atoms with van der Waals surface area (Å²) in [5, 5.41) is 0. The van der Waals surface area contributed by atoms with E-state index in [0.29, 0.717) is 6.54 Å². The molecule has 82 valence electrons. The van der Waals surface area contributed by atoms with Crippen LogP contribution in [0.3, 0.4) is 0 Å². The number of aryl methyl sites for hydroxylation is 2. The lowest BCUT2D eigenvalue weighted by molar-refractivity contribution is 0.771. The van der Waals surface area contributed by atoms with Gasteiger partial charge in [-0.2, -0.15) is 0 Å². The molecule has 3 nitrogen and oxygen atoms in total. The SMILES string of the molecule is NC/C=C/c1ccc2nc3n(c2c1)CCC3. The van der Waals surface area contributed by atoms with Crippen molar-refractivity contribution in [1.82, 2.24) is 9.55 Å². The van der Waals surface area contributed by atoms with Gasteiger partial charge in [0.05, 0.1) is 11.0 Å². The van der Waals surface area contributed by atoms with E-state index in [-0.39, 0.29) is 0 Å². The number of imidazole rings is 1. The van der Waals surface area contributed by atoms with Gasteiger partial charge in [0.15, 0.2) is 0 Å². The Balaban J connectivity index is 2.12. The lowest BCUT2D eigenvalue weighted by Crippen LogP contribution is -1.93. The molecule has 0 atom stereocenters. The van der Waals surface area contributed by atoms with Gasteiger partial charge in [-0.1, -0.05) is 18.2 Å². The molecule has 2 N–H and O–H groups in total. The Hall–Kier alpha value is -1.61. The van der Waals surface area contributed by atoms with Gasteiger partial charge in [-0.15, -0.1) is 0 Å². The fourth-order valence-corrected chi connectivity index (χ4v) is 2.33. The smallest absolute Gasteiger partial charge is 0.109 e. The van der Waals surface area contributed by atoms with Crippen LogP contribution in [0.1, 0.15) is 17.8 Å². The Kier molecular flexibility index (Phi) is 2.26. The van der Waals surface area contributed by atoms with Gasteiger partial charge in [0.25, 0.3) is 0 Å². The topological polar surface area (TPSA) is 43.8 Å². The summed E-state index contributed by atoms with van der Waals surface area (Å²) in [6, 6.07) is 6.39. The molecule has 1 aliphatic heterocycles. The van der Waals surface area contributed by atoms with Crippen LogP contribution < -0.4 is 5.73 Å². The van der Waals surface area contributed by atoms with Gasteiger partial charge in [0.1, 0.15) is 5.82 Å². The largest absolute Gasteiger partial charge is 0.328 e. The Labute approximate surface area is 94.6 Å². The number of nitrogens with two attached hydrogens (primary N) is 1. The van der Waals surface area contributed by atoms with Crippen molar-refractivity contribution in [3.05, 3.63) is 35.7 Å². The van der Waals surface area contributed by atoms with Crippen LogP contribution in [0.2, 0.25) is 0 Å². The molecule has 1 aliphatic rings. The molecular formula is C13H15N3. The Morgan fingerprint density at radius 3 is 3.25 bits per heavy atom. The molecule has 0 unspecified atom stereocenters. The lowest BCUT2D eigenvalue weighted by Gasteiger charge is -1.99. The molecule has 0 radical (unpaired) electrons. The molecule has 0 fully saturated rings. The number of aromatic nitrogens is 2. The number of nitrogens with zero attached hydrogens (tertiary/aromatic N) is 2. The molecule has 0 saturated carbocycles. The van der Waals surface area contributed by atoms with Crippen LogP contribution in [-0.2, 0) is 13.0 Å². The van der Waals surface area contributed by atoms with Crippen LogP contribution in [0.4, 0.5) is 0 Å². The first-order valence-electron chi connectivity index (χ1n) is 5.74. The molecule has 0 saturated heterocycles. The van der Waals surface area contributed by atoms with E-state index in [0.717, 1.165) is 18.5 Å². The van der Waals surface area contributed by atoms with Gasteiger partial charge < -0.3 is 10.3 Å². The molecular weight excluding hydrogens is 198 g/mol. The highest BCUT2D eigenvalue weighted by Crippen LogP contribution is 2.23. The van der Waals surface area contributed by atoms with E-state index in [4.69, 9.17) is 5.73 Å². The zero-order valence-corrected chi connectivity index (χ0v) is 9.19. The van der Waals surface area contributed by atoms with Crippen LogP contribution in [0.15, 0.2) is 24.3 Å². The molecule has 0 aliphatic carbocycles. The third-order valence-corrected chi connectivity index (χ3v) is 3.08. The summed E-state index contributed by atoms with van der Waals surface area (Å²) in [4.78, 5) is 4.63. The Morgan fingerprint density at radius 1 is 1.44 bits per heavy atom. The van der Waals surface area contributed by atoms with Crippen molar-refractivity contribution >= 4 is 17.1 Å². The van der Waals surface area contributed by atoms with Gasteiger partial charge in [-0.3, -0.25) is 0 Å². The molecule has 1 aromatic heterocycles. The van der Waals surface area contributed by atoms with Crippen LogP contribution >= 0.6 is 0 Å². The summed E-state index contributed by atoms with van der Waals surface area (Å²) in [6.45, 7) is 1.69. The van der Waals surface area contributed by atoms with Crippen molar-refractivity contribution in [2.45, 2.75) is 19.4 Å². The number of benzene rings is 1. The van der Waals surface area contributed by atoms with E-state index in [9.17, 15) is 0 Å². The summed E-state index contributed by atoms with van der Waals surface area (Å²) in [5.41, 5.74) is 9.02. The summed E-state index contributed by atoms with van der Waals surface area (Å²) in [7, 11) is 0. The highest BCUT2D eigenvalue weighted by Gasteiger charge is 2.15. The molecule has 16 heavy (non-hydrogen) atoms. The predicted octanol–water partition coefficient (Wildman–Crippen LogP) is 1.95. The second kappa shape index (κ2) is 3.76. The van der Waals surface area contributed by atoms with Gasteiger partial charge >= 0.3 is 0 Å². The molecule has 0 spiro atoms. The number of fused-ring (bicyclic) bond motifs is 3. The van der Waals surface area contributed by atoms with E-state index in [1.54, 1.807) is 0 Å². The van der Waals surface area contributed by atoms with Crippen LogP contribution in [0.25, 0.3) is 17.1 Å². The molecule has 3 rings (SSSR count). The zero-order valence-electron chi connectivity index (χ0n) is 9.19. The van der Waals surface area contributed by atoms with E-state index in [1.807, 2.05) is 6.08 Å². The minimum Gasteiger partial charge on any atom is -0.328 e. The summed E-state index contributed by atoms with van der Waals surface area (Å²) in [5.74, 6) is 1.23. The maximum Gasteiger partial charge on any atom is 0.109 e. The maximum atomic E-state index is 5.45. The first-order valence-corrected chi connectivity index (χ1v) is 5.74. The minimum absolute atomic E-state index is 0.586. The fourth-order valence-electron chi connectivity index (χ4n) is 2.33. The molecule has 3 heteroatoms. The number of rotatable bonds is 2. The summed E-state index contributed by atoms with van der Waals surface area (Å²) >= 11 is 0. The average Bonchev–Trinajstić information content (AvgIpc) is 2.86. The van der Waals surface area contributed by atoms with E-state index in [1.165, 1.54) is 23.3 Å². The molecule has 2 heterocycles. The maximum absolute atomic E-state index is 5.45. The second-order valence-electron chi connectivity index (χ2n) is 4.17. The van der Waals surface area contributed by atoms with E-state index >= 15 is 0 Å². The van der Waals surface area contributed by atoms with Crippen LogP contribution in [0.5, 0.6) is 0 Å². The van der Waals surface area contributed by atoms with Crippen molar-refractivity contribution in [2.75, 3.05) is 6.54 Å². The molecule has 0 bridgehead atoms. The zero-order chi connectivity index (χ0) is 11.0. The summed E-state index contributed by atoms with van der Waals surface area (Å²) in [6.07, 6.45) is 6.38. The van der Waals surface area contributed by atoms with Crippen LogP contribution in [-0.4, -0.2) is 16.1 Å². The monoisotopic (exact) mass is 213 g/mol. The predicted molar refractivity (Wildman–Crippen MR) is 66.1 cm³/mol. The van der Waals surface area contributed by atoms with Crippen molar-refractivity contribution < 1.29 is 0 Å². The fraction of sp³-hybridized carbons (Fsp3) is 0.308. The minimum atomic E-state index is 0.586. The number of hydrogen-bond acceptors (Lipinski definition) is 2. The van der Waals surface area contributed by atoms with Gasteiger partial charge in [-0.25, -0.2) is 4.98 Å². The Bertz CT molecular complexity index is 552. The van der Waals surface area contributed by atoms with E-state index in [2.05, 4.69) is 33.8 Å².